The highest BCUT2D eigenvalue weighted by molar-refractivity contribution is 7.92. The third kappa shape index (κ3) is 3.02. The average Bonchev–Trinajstić information content (AvgIpc) is 3.61. The number of nitrogens with zero attached hydrogens (tertiary/aromatic N) is 2. The highest BCUT2D eigenvalue weighted by Gasteiger charge is 2.65. The average molecular weight is 432 g/mol. The number of carbonyl (C=O) groups excluding carboxylic acids is 3. The van der Waals surface area contributed by atoms with E-state index in [9.17, 15) is 22.8 Å². The van der Waals surface area contributed by atoms with Crippen molar-refractivity contribution in [3.8, 4) is 0 Å². The molecule has 1 N–H and O–H groups in total. The summed E-state index contributed by atoms with van der Waals surface area (Å²) in [6, 6.07) is 4.45. The monoisotopic (exact) mass is 431 g/mol. The highest BCUT2D eigenvalue weighted by Crippen LogP contribution is 2.54. The van der Waals surface area contributed by atoms with Crippen LogP contribution in [0.1, 0.15) is 48.0 Å². The predicted molar refractivity (Wildman–Crippen MR) is 110 cm³/mol. The molecule has 2 saturated carbocycles. The Hall–Kier alpha value is -2.42. The van der Waals surface area contributed by atoms with Gasteiger partial charge in [-0.15, -0.1) is 0 Å². The van der Waals surface area contributed by atoms with E-state index in [1.807, 2.05) is 0 Å². The molecule has 4 aliphatic rings. The number of fused-ring (bicyclic) bond motifs is 1. The summed E-state index contributed by atoms with van der Waals surface area (Å²) in [6.45, 7) is 0.131. The van der Waals surface area contributed by atoms with Crippen LogP contribution in [0.25, 0.3) is 0 Å². The number of urea groups is 1. The van der Waals surface area contributed by atoms with Crippen molar-refractivity contribution in [1.82, 2.24) is 10.2 Å². The molecule has 3 fully saturated rings. The number of aryl methyl sites for hydroxylation is 1. The molecular formula is C21H25N3O5S. The summed E-state index contributed by atoms with van der Waals surface area (Å²) in [6.07, 6.45) is 6.27. The van der Waals surface area contributed by atoms with Crippen molar-refractivity contribution in [1.29, 1.82) is 0 Å². The standard InChI is InChI=1S/C21H25N3O5S/c1-30(28,29)24-10-2-3-13-11-14(4-9-17(13)24)18(25)12-23-19(26)21(15-5-6-15,16-7-8-16)22-20(23)27/h4,9,11,15-16H,2-3,5-8,10,12H2,1H3,(H,22,27). The molecule has 3 amide bonds. The number of anilines is 1. The Labute approximate surface area is 175 Å². The summed E-state index contributed by atoms with van der Waals surface area (Å²) < 4.78 is 25.4. The van der Waals surface area contributed by atoms with E-state index in [1.165, 1.54) is 10.6 Å². The second kappa shape index (κ2) is 6.54. The number of nitrogens with one attached hydrogen (secondary N) is 1. The molecule has 2 aliphatic carbocycles. The number of Topliss-reactive ketones (excluding diaryl/α,β-unsaturated/α-hetero) is 1. The number of imide groups is 1. The summed E-state index contributed by atoms with van der Waals surface area (Å²) in [7, 11) is -3.38. The lowest BCUT2D eigenvalue weighted by molar-refractivity contribution is -0.132. The molecule has 160 valence electrons. The van der Waals surface area contributed by atoms with Crippen LogP contribution in [-0.2, 0) is 21.2 Å². The molecule has 0 radical (unpaired) electrons. The summed E-state index contributed by atoms with van der Waals surface area (Å²) in [5, 5.41) is 2.93. The van der Waals surface area contributed by atoms with E-state index in [4.69, 9.17) is 0 Å². The Morgan fingerprint density at radius 3 is 2.43 bits per heavy atom. The van der Waals surface area contributed by atoms with Gasteiger partial charge in [0.15, 0.2) is 5.78 Å². The third-order valence-corrected chi connectivity index (χ3v) is 7.96. The number of ketones is 1. The fraction of sp³-hybridized carbons (Fsp3) is 0.571. The van der Waals surface area contributed by atoms with Gasteiger partial charge in [-0.25, -0.2) is 13.2 Å². The normalized spacial score (nSPS) is 23.4. The topological polar surface area (TPSA) is 104 Å². The first-order valence-electron chi connectivity index (χ1n) is 10.5. The van der Waals surface area contributed by atoms with Gasteiger partial charge in [-0.2, -0.15) is 0 Å². The van der Waals surface area contributed by atoms with Crippen LogP contribution < -0.4 is 9.62 Å². The number of sulfonamides is 1. The number of rotatable bonds is 6. The molecule has 0 unspecified atom stereocenters. The lowest BCUT2D eigenvalue weighted by atomic mass is 9.87. The minimum atomic E-state index is -3.38. The molecule has 2 aliphatic heterocycles. The first-order chi connectivity index (χ1) is 14.2. The minimum absolute atomic E-state index is 0.187. The van der Waals surface area contributed by atoms with E-state index in [-0.39, 0.29) is 30.1 Å². The zero-order chi connectivity index (χ0) is 21.3. The maximum absolute atomic E-state index is 13.2. The molecule has 0 bridgehead atoms. The maximum atomic E-state index is 13.2. The van der Waals surface area contributed by atoms with E-state index in [1.54, 1.807) is 18.2 Å². The van der Waals surface area contributed by atoms with E-state index in [0.717, 1.165) is 36.1 Å². The molecule has 1 saturated heterocycles. The Balaban J connectivity index is 1.37. The van der Waals surface area contributed by atoms with Gasteiger partial charge < -0.3 is 5.32 Å². The van der Waals surface area contributed by atoms with Gasteiger partial charge in [0.2, 0.25) is 10.0 Å². The molecule has 5 rings (SSSR count). The Bertz CT molecular complexity index is 1050. The third-order valence-electron chi connectivity index (χ3n) is 6.78. The first-order valence-corrected chi connectivity index (χ1v) is 12.3. The van der Waals surface area contributed by atoms with E-state index >= 15 is 0 Å². The molecule has 0 atom stereocenters. The molecule has 9 heteroatoms. The largest absolute Gasteiger partial charge is 0.325 e. The van der Waals surface area contributed by atoms with Crippen LogP contribution in [0.15, 0.2) is 18.2 Å². The predicted octanol–water partition coefficient (Wildman–Crippen LogP) is 1.69. The number of hydrogen-bond donors (Lipinski definition) is 1. The Kier molecular flexibility index (Phi) is 4.26. The van der Waals surface area contributed by atoms with Gasteiger partial charge in [0.25, 0.3) is 5.91 Å². The molecule has 8 nitrogen and oxygen atoms in total. The second-order valence-electron chi connectivity index (χ2n) is 8.94. The van der Waals surface area contributed by atoms with Crippen molar-refractivity contribution >= 4 is 33.4 Å². The number of benzene rings is 1. The van der Waals surface area contributed by atoms with Crippen molar-refractivity contribution in [3.63, 3.8) is 0 Å². The van der Waals surface area contributed by atoms with Gasteiger partial charge in [-0.05, 0) is 74.1 Å². The van der Waals surface area contributed by atoms with Crippen LogP contribution in [-0.4, -0.2) is 55.9 Å². The van der Waals surface area contributed by atoms with Gasteiger partial charge in [-0.1, -0.05) is 0 Å². The van der Waals surface area contributed by atoms with Crippen LogP contribution in [0.3, 0.4) is 0 Å². The van der Waals surface area contributed by atoms with E-state index in [0.29, 0.717) is 30.6 Å². The molecule has 1 aromatic rings. The number of hydrogen-bond acceptors (Lipinski definition) is 5. The van der Waals surface area contributed by atoms with Gasteiger partial charge >= 0.3 is 6.03 Å². The van der Waals surface area contributed by atoms with Crippen molar-refractivity contribution < 1.29 is 22.8 Å². The van der Waals surface area contributed by atoms with Gasteiger partial charge in [0, 0.05) is 12.1 Å². The fourth-order valence-electron chi connectivity index (χ4n) is 5.04. The Morgan fingerprint density at radius 1 is 1.17 bits per heavy atom. The number of carbonyl (C=O) groups is 3. The lowest BCUT2D eigenvalue weighted by Crippen LogP contribution is -2.51. The molecule has 0 spiro atoms. The van der Waals surface area contributed by atoms with E-state index < -0.39 is 21.6 Å². The van der Waals surface area contributed by atoms with Gasteiger partial charge in [0.05, 0.1) is 18.5 Å². The van der Waals surface area contributed by atoms with Gasteiger partial charge in [0.1, 0.15) is 5.54 Å². The lowest BCUT2D eigenvalue weighted by Gasteiger charge is -2.29. The van der Waals surface area contributed by atoms with Crippen molar-refractivity contribution in [3.05, 3.63) is 29.3 Å². The van der Waals surface area contributed by atoms with Crippen LogP contribution in [0.5, 0.6) is 0 Å². The Morgan fingerprint density at radius 2 is 1.83 bits per heavy atom. The maximum Gasteiger partial charge on any atom is 0.325 e. The van der Waals surface area contributed by atoms with Gasteiger partial charge in [-0.3, -0.25) is 18.8 Å². The summed E-state index contributed by atoms with van der Waals surface area (Å²) >= 11 is 0. The minimum Gasteiger partial charge on any atom is -0.323 e. The molecule has 0 aromatic heterocycles. The van der Waals surface area contributed by atoms with Crippen LogP contribution >= 0.6 is 0 Å². The molecular weight excluding hydrogens is 406 g/mol. The van der Waals surface area contributed by atoms with Crippen LogP contribution in [0.2, 0.25) is 0 Å². The second-order valence-corrected chi connectivity index (χ2v) is 10.9. The smallest absolute Gasteiger partial charge is 0.323 e. The number of amides is 3. The molecule has 2 heterocycles. The zero-order valence-corrected chi connectivity index (χ0v) is 17.7. The van der Waals surface area contributed by atoms with Crippen molar-refractivity contribution in [2.24, 2.45) is 11.8 Å². The van der Waals surface area contributed by atoms with Crippen LogP contribution in [0, 0.1) is 11.8 Å². The van der Waals surface area contributed by atoms with E-state index in [2.05, 4.69) is 5.32 Å². The summed E-state index contributed by atoms with van der Waals surface area (Å²) in [5.74, 6) is -0.202. The fourth-order valence-corrected chi connectivity index (χ4v) is 6.03. The molecule has 30 heavy (non-hydrogen) atoms. The zero-order valence-electron chi connectivity index (χ0n) is 16.9. The van der Waals surface area contributed by atoms with Crippen LogP contribution in [0.4, 0.5) is 10.5 Å². The summed E-state index contributed by atoms with van der Waals surface area (Å²) in [5.41, 5.74) is 0.972. The summed E-state index contributed by atoms with van der Waals surface area (Å²) in [4.78, 5) is 39.8. The quantitative estimate of drug-likeness (QED) is 0.545. The highest BCUT2D eigenvalue weighted by atomic mass is 32.2. The van der Waals surface area contributed by atoms with Crippen molar-refractivity contribution in [2.45, 2.75) is 44.1 Å². The first kappa shape index (κ1) is 19.5. The van der Waals surface area contributed by atoms with Crippen molar-refractivity contribution in [2.75, 3.05) is 23.7 Å². The molecule has 1 aromatic carbocycles. The SMILES string of the molecule is CS(=O)(=O)N1CCCc2cc(C(=O)CN3C(=O)NC(C4CC4)(C4CC4)C3=O)ccc21.